The van der Waals surface area contributed by atoms with Crippen molar-refractivity contribution in [3.8, 4) is 11.3 Å². The van der Waals surface area contributed by atoms with Gasteiger partial charge in [-0.3, -0.25) is 0 Å². The van der Waals surface area contributed by atoms with E-state index in [0.717, 1.165) is 35.4 Å². The van der Waals surface area contributed by atoms with Crippen molar-refractivity contribution >= 4 is 0 Å². The highest BCUT2D eigenvalue weighted by atomic mass is 19.1. The molecule has 0 unspecified atom stereocenters. The summed E-state index contributed by atoms with van der Waals surface area (Å²) in [5, 5.41) is 13.1. The summed E-state index contributed by atoms with van der Waals surface area (Å²) in [5.74, 6) is -0.239. The zero-order valence-electron chi connectivity index (χ0n) is 17.7. The number of aromatic nitrogens is 3. The maximum atomic E-state index is 13.2. The van der Waals surface area contributed by atoms with Crippen LogP contribution in [0.2, 0.25) is 0 Å². The van der Waals surface area contributed by atoms with Crippen molar-refractivity contribution < 1.29 is 4.39 Å². The van der Waals surface area contributed by atoms with Crippen LogP contribution < -0.4 is 5.32 Å². The van der Waals surface area contributed by atoms with E-state index < -0.39 is 0 Å². The number of hydrogen-bond acceptors (Lipinski definition) is 3. The monoisotopic (exact) mass is 414 g/mol. The molecular formula is C26H27FN4. The molecule has 4 nitrogen and oxygen atoms in total. The summed E-state index contributed by atoms with van der Waals surface area (Å²) in [6.45, 7) is 3.35. The number of nitrogens with zero attached hydrogens (tertiary/aromatic N) is 3. The maximum absolute atomic E-state index is 13.2. The Kier molecular flexibility index (Phi) is 6.85. The minimum atomic E-state index is -0.239. The maximum Gasteiger partial charge on any atom is 0.123 e. The normalized spacial score (nSPS) is 12.1. The molecule has 5 heteroatoms. The van der Waals surface area contributed by atoms with E-state index in [1.54, 1.807) is 16.9 Å². The summed E-state index contributed by atoms with van der Waals surface area (Å²) in [6.07, 6.45) is 2.09. The number of rotatable bonds is 9. The van der Waals surface area contributed by atoms with Gasteiger partial charge in [-0.1, -0.05) is 72.8 Å². The first-order valence-electron chi connectivity index (χ1n) is 10.7. The van der Waals surface area contributed by atoms with Gasteiger partial charge in [-0.05, 0) is 43.0 Å². The molecule has 158 valence electrons. The molecule has 0 spiro atoms. The molecule has 0 bridgehead atoms. The molecule has 1 aromatic heterocycles. The van der Waals surface area contributed by atoms with Gasteiger partial charge in [0.25, 0.3) is 0 Å². The van der Waals surface area contributed by atoms with Crippen molar-refractivity contribution in [3.63, 3.8) is 0 Å². The van der Waals surface area contributed by atoms with Gasteiger partial charge < -0.3 is 5.32 Å². The number of halogens is 1. The summed E-state index contributed by atoms with van der Waals surface area (Å²) in [4.78, 5) is 1.70. The fourth-order valence-electron chi connectivity index (χ4n) is 3.55. The smallest absolute Gasteiger partial charge is 0.123 e. The number of nitrogens with one attached hydrogen (secondary N) is 1. The molecule has 0 aliphatic rings. The average Bonchev–Trinajstić information content (AvgIpc) is 3.21. The lowest BCUT2D eigenvalue weighted by molar-refractivity contribution is 0.503. The van der Waals surface area contributed by atoms with Crippen LogP contribution >= 0.6 is 0 Å². The van der Waals surface area contributed by atoms with Crippen molar-refractivity contribution in [2.24, 2.45) is 0 Å². The second-order valence-electron chi connectivity index (χ2n) is 7.82. The second kappa shape index (κ2) is 10.1. The number of hydrogen-bond donors (Lipinski definition) is 1. The third-order valence-electron chi connectivity index (χ3n) is 5.34. The molecule has 0 saturated heterocycles. The Bertz CT molecular complexity index is 1080. The minimum Gasteiger partial charge on any atom is -0.309 e. The Labute approximate surface area is 182 Å². The van der Waals surface area contributed by atoms with Crippen LogP contribution in [-0.4, -0.2) is 21.0 Å². The third-order valence-corrected chi connectivity index (χ3v) is 5.34. The molecule has 0 radical (unpaired) electrons. The van der Waals surface area contributed by atoms with Gasteiger partial charge in [0, 0.05) is 18.2 Å². The quantitative estimate of drug-likeness (QED) is 0.407. The molecule has 1 atom stereocenters. The highest BCUT2D eigenvalue weighted by Gasteiger charge is 2.14. The van der Waals surface area contributed by atoms with Gasteiger partial charge in [0.15, 0.2) is 0 Å². The topological polar surface area (TPSA) is 42.7 Å². The predicted molar refractivity (Wildman–Crippen MR) is 122 cm³/mol. The van der Waals surface area contributed by atoms with Crippen LogP contribution in [0.25, 0.3) is 11.3 Å². The average molecular weight is 415 g/mol. The summed E-state index contributed by atoms with van der Waals surface area (Å²) in [5.41, 5.74) is 5.16. The zero-order chi connectivity index (χ0) is 21.5. The van der Waals surface area contributed by atoms with Crippen LogP contribution in [-0.2, 0) is 19.5 Å². The van der Waals surface area contributed by atoms with E-state index >= 15 is 0 Å². The standard InChI is InChI=1S/C26H27FN4/c1-20(12-13-21-8-4-2-5-9-21)28-18-25-26(23-10-6-3-7-11-23)30-31(29-25)19-22-14-16-24(27)17-15-22/h2-11,14-17,20,28H,12-13,18-19H2,1H3/t20-/m1/s1. The van der Waals surface area contributed by atoms with Crippen molar-refractivity contribution in [2.75, 3.05) is 0 Å². The van der Waals surface area contributed by atoms with E-state index in [0.29, 0.717) is 19.1 Å². The lowest BCUT2D eigenvalue weighted by Gasteiger charge is -2.13. The van der Waals surface area contributed by atoms with Gasteiger partial charge in [-0.2, -0.15) is 15.0 Å². The van der Waals surface area contributed by atoms with Gasteiger partial charge in [-0.15, -0.1) is 0 Å². The molecule has 31 heavy (non-hydrogen) atoms. The van der Waals surface area contributed by atoms with Crippen LogP contribution in [0.15, 0.2) is 84.9 Å². The van der Waals surface area contributed by atoms with Gasteiger partial charge in [0.1, 0.15) is 17.2 Å². The van der Waals surface area contributed by atoms with Crippen molar-refractivity contribution in [2.45, 2.75) is 38.9 Å². The molecule has 0 fully saturated rings. The highest BCUT2D eigenvalue weighted by molar-refractivity contribution is 5.60. The SMILES string of the molecule is C[C@H](CCc1ccccc1)NCc1nn(Cc2ccc(F)cc2)nc1-c1ccccc1. The number of benzene rings is 3. The van der Waals surface area contributed by atoms with E-state index in [2.05, 4.69) is 48.6 Å². The molecule has 4 aromatic rings. The van der Waals surface area contributed by atoms with E-state index in [1.165, 1.54) is 17.7 Å². The molecule has 0 aliphatic carbocycles. The molecular weight excluding hydrogens is 387 g/mol. The van der Waals surface area contributed by atoms with Crippen molar-refractivity contribution in [3.05, 3.63) is 108 Å². The summed E-state index contributed by atoms with van der Waals surface area (Å²) in [7, 11) is 0. The summed E-state index contributed by atoms with van der Waals surface area (Å²) < 4.78 is 13.2. The van der Waals surface area contributed by atoms with Gasteiger partial charge >= 0.3 is 0 Å². The zero-order valence-corrected chi connectivity index (χ0v) is 17.7. The summed E-state index contributed by atoms with van der Waals surface area (Å²) >= 11 is 0. The Hall–Kier alpha value is -3.31. The Morgan fingerprint density at radius 2 is 1.52 bits per heavy atom. The lowest BCUT2D eigenvalue weighted by Crippen LogP contribution is -2.26. The molecule has 0 amide bonds. The second-order valence-corrected chi connectivity index (χ2v) is 7.82. The van der Waals surface area contributed by atoms with E-state index in [1.807, 2.05) is 24.3 Å². The van der Waals surface area contributed by atoms with Crippen LogP contribution in [0, 0.1) is 5.82 Å². The van der Waals surface area contributed by atoms with Gasteiger partial charge in [0.05, 0.1) is 6.54 Å². The van der Waals surface area contributed by atoms with Crippen LogP contribution in [0.3, 0.4) is 0 Å². The first kappa shape index (κ1) is 20.9. The van der Waals surface area contributed by atoms with Crippen molar-refractivity contribution in [1.82, 2.24) is 20.3 Å². The Morgan fingerprint density at radius 1 is 0.839 bits per heavy atom. The molecule has 3 aromatic carbocycles. The molecule has 1 heterocycles. The number of aryl methyl sites for hydroxylation is 1. The molecule has 0 saturated carbocycles. The highest BCUT2D eigenvalue weighted by Crippen LogP contribution is 2.20. The van der Waals surface area contributed by atoms with Crippen molar-refractivity contribution in [1.29, 1.82) is 0 Å². The summed E-state index contributed by atoms with van der Waals surface area (Å²) in [6, 6.07) is 27.5. The third kappa shape index (κ3) is 5.86. The molecule has 0 aliphatic heterocycles. The Morgan fingerprint density at radius 3 is 2.23 bits per heavy atom. The lowest BCUT2D eigenvalue weighted by atomic mass is 10.1. The minimum absolute atomic E-state index is 0.239. The van der Waals surface area contributed by atoms with Crippen LogP contribution in [0.4, 0.5) is 4.39 Å². The first-order chi connectivity index (χ1) is 15.2. The molecule has 1 N–H and O–H groups in total. The molecule has 4 rings (SSSR count). The first-order valence-corrected chi connectivity index (χ1v) is 10.7. The fourth-order valence-corrected chi connectivity index (χ4v) is 3.55. The largest absolute Gasteiger partial charge is 0.309 e. The van der Waals surface area contributed by atoms with E-state index in [-0.39, 0.29) is 5.82 Å². The Balaban J connectivity index is 1.45. The van der Waals surface area contributed by atoms with E-state index in [4.69, 9.17) is 10.2 Å². The van der Waals surface area contributed by atoms with Gasteiger partial charge in [0.2, 0.25) is 0 Å². The van der Waals surface area contributed by atoms with E-state index in [9.17, 15) is 4.39 Å². The van der Waals surface area contributed by atoms with Crippen LogP contribution in [0.1, 0.15) is 30.2 Å². The predicted octanol–water partition coefficient (Wildman–Crippen LogP) is 5.24. The van der Waals surface area contributed by atoms with Gasteiger partial charge in [-0.25, -0.2) is 4.39 Å². The van der Waals surface area contributed by atoms with Crippen LogP contribution in [0.5, 0.6) is 0 Å². The fraction of sp³-hybridized carbons (Fsp3) is 0.231.